The molecule has 0 unspecified atom stereocenters. The van der Waals surface area contributed by atoms with Crippen LogP contribution in [0, 0.1) is 0 Å². The van der Waals surface area contributed by atoms with Gasteiger partial charge in [-0.05, 0) is 26.2 Å². The fraction of sp³-hybridized carbons (Fsp3) is 0.400. The lowest BCUT2D eigenvalue weighted by Gasteiger charge is -2.10. The van der Waals surface area contributed by atoms with Crippen molar-refractivity contribution in [2.24, 2.45) is 0 Å². The minimum Gasteiger partial charge on any atom is -0.355 e. The largest absolute Gasteiger partial charge is 0.355 e. The molecule has 0 saturated heterocycles. The van der Waals surface area contributed by atoms with Crippen LogP contribution >= 0.6 is 0 Å². The van der Waals surface area contributed by atoms with Crippen LogP contribution in [0.25, 0.3) is 10.9 Å². The highest BCUT2D eigenvalue weighted by Gasteiger charge is 2.06. The molecule has 1 heterocycles. The Hall–Kier alpha value is -2.21. The Balaban J connectivity index is 1.94. The van der Waals surface area contributed by atoms with E-state index in [4.69, 9.17) is 0 Å². The number of rotatable bonds is 6. The number of carbonyl (C=O) groups excluding carboxylic acids is 1. The molecule has 2 rings (SSSR count). The zero-order valence-electron chi connectivity index (χ0n) is 12.3. The van der Waals surface area contributed by atoms with Gasteiger partial charge in [0.25, 0.3) is 5.56 Å². The molecule has 1 amide bonds. The Kier molecular flexibility index (Phi) is 5.05. The predicted octanol–water partition coefficient (Wildman–Crippen LogP) is 0.533. The van der Waals surface area contributed by atoms with Gasteiger partial charge in [0, 0.05) is 25.9 Å². The van der Waals surface area contributed by atoms with Crippen molar-refractivity contribution in [3.8, 4) is 0 Å². The van der Waals surface area contributed by atoms with Crippen LogP contribution in [-0.2, 0) is 11.2 Å². The van der Waals surface area contributed by atoms with Crippen molar-refractivity contribution in [3.05, 3.63) is 40.4 Å². The molecule has 0 spiro atoms. The number of hydrogen-bond acceptors (Lipinski definition) is 4. The summed E-state index contributed by atoms with van der Waals surface area (Å²) >= 11 is 0. The quantitative estimate of drug-likeness (QED) is 0.813. The van der Waals surface area contributed by atoms with Gasteiger partial charge in [-0.1, -0.05) is 12.1 Å². The zero-order valence-corrected chi connectivity index (χ0v) is 12.3. The number of nitrogens with one attached hydrogen (secondary N) is 2. The molecule has 0 aliphatic heterocycles. The first-order valence-corrected chi connectivity index (χ1v) is 6.95. The number of carbonyl (C=O) groups is 1. The molecule has 21 heavy (non-hydrogen) atoms. The van der Waals surface area contributed by atoms with E-state index in [0.717, 1.165) is 6.54 Å². The number of aromatic amines is 1. The summed E-state index contributed by atoms with van der Waals surface area (Å²) in [6, 6.07) is 7.17. The predicted molar refractivity (Wildman–Crippen MR) is 82.2 cm³/mol. The van der Waals surface area contributed by atoms with Crippen molar-refractivity contribution in [1.29, 1.82) is 0 Å². The maximum Gasteiger partial charge on any atom is 0.258 e. The second-order valence-corrected chi connectivity index (χ2v) is 5.18. The first-order chi connectivity index (χ1) is 10.1. The molecular formula is C15H20N4O2. The summed E-state index contributed by atoms with van der Waals surface area (Å²) in [5.74, 6) is 0.508. The third-order valence-electron chi connectivity index (χ3n) is 3.13. The molecule has 0 aliphatic rings. The molecule has 6 nitrogen and oxygen atoms in total. The molecule has 112 valence electrons. The van der Waals surface area contributed by atoms with Crippen LogP contribution in [0.3, 0.4) is 0 Å². The van der Waals surface area contributed by atoms with Crippen LogP contribution in [0.1, 0.15) is 12.2 Å². The molecule has 0 saturated carbocycles. The summed E-state index contributed by atoms with van der Waals surface area (Å²) in [7, 11) is 3.91. The Morgan fingerprint density at radius 3 is 2.86 bits per heavy atom. The van der Waals surface area contributed by atoms with E-state index >= 15 is 0 Å². The van der Waals surface area contributed by atoms with Gasteiger partial charge in [-0.15, -0.1) is 0 Å². The molecule has 0 radical (unpaired) electrons. The fourth-order valence-electron chi connectivity index (χ4n) is 1.99. The minimum absolute atomic E-state index is 0.0346. The second-order valence-electron chi connectivity index (χ2n) is 5.18. The minimum atomic E-state index is -0.163. The third-order valence-corrected chi connectivity index (χ3v) is 3.13. The summed E-state index contributed by atoms with van der Waals surface area (Å²) in [4.78, 5) is 32.7. The van der Waals surface area contributed by atoms with Gasteiger partial charge >= 0.3 is 0 Å². The second kappa shape index (κ2) is 6.99. The number of likely N-dealkylation sites (N-methyl/N-ethyl adjacent to an activating group) is 1. The van der Waals surface area contributed by atoms with Crippen LogP contribution in [0.5, 0.6) is 0 Å². The average Bonchev–Trinajstić information content (AvgIpc) is 2.45. The topological polar surface area (TPSA) is 78.1 Å². The Morgan fingerprint density at radius 1 is 1.33 bits per heavy atom. The normalized spacial score (nSPS) is 11.0. The van der Waals surface area contributed by atoms with Gasteiger partial charge < -0.3 is 15.2 Å². The fourth-order valence-corrected chi connectivity index (χ4v) is 1.99. The van der Waals surface area contributed by atoms with E-state index < -0.39 is 0 Å². The van der Waals surface area contributed by atoms with Crippen LogP contribution in [0.4, 0.5) is 0 Å². The Labute approximate surface area is 123 Å². The van der Waals surface area contributed by atoms with Crippen molar-refractivity contribution in [1.82, 2.24) is 20.2 Å². The van der Waals surface area contributed by atoms with Crippen molar-refractivity contribution < 1.29 is 4.79 Å². The molecule has 0 fully saturated rings. The lowest BCUT2D eigenvalue weighted by molar-refractivity contribution is -0.121. The number of H-pyrrole nitrogens is 1. The monoisotopic (exact) mass is 288 g/mol. The molecule has 0 atom stereocenters. The summed E-state index contributed by atoms with van der Waals surface area (Å²) in [5, 5.41) is 3.40. The number of aryl methyl sites for hydroxylation is 1. The summed E-state index contributed by atoms with van der Waals surface area (Å²) < 4.78 is 0. The van der Waals surface area contributed by atoms with Crippen LogP contribution in [0.15, 0.2) is 29.1 Å². The third kappa shape index (κ3) is 4.39. The molecule has 0 bridgehead atoms. The highest BCUT2D eigenvalue weighted by atomic mass is 16.1. The van der Waals surface area contributed by atoms with Gasteiger partial charge in [-0.25, -0.2) is 4.98 Å². The van der Waals surface area contributed by atoms with Crippen molar-refractivity contribution in [2.75, 3.05) is 27.2 Å². The molecule has 1 aromatic carbocycles. The molecule has 6 heteroatoms. The van der Waals surface area contributed by atoms with E-state index in [9.17, 15) is 9.59 Å². The highest BCUT2D eigenvalue weighted by Crippen LogP contribution is 2.06. The van der Waals surface area contributed by atoms with E-state index in [0.29, 0.717) is 36.1 Å². The van der Waals surface area contributed by atoms with Crippen LogP contribution < -0.4 is 10.9 Å². The number of para-hydroxylation sites is 1. The number of aromatic nitrogens is 2. The van der Waals surface area contributed by atoms with E-state index in [1.165, 1.54) is 0 Å². The average molecular weight is 288 g/mol. The van der Waals surface area contributed by atoms with Crippen molar-refractivity contribution in [3.63, 3.8) is 0 Å². The molecule has 2 aromatic rings. The van der Waals surface area contributed by atoms with Gasteiger partial charge in [0.2, 0.25) is 5.91 Å². The number of nitrogens with zero attached hydrogens (tertiary/aromatic N) is 2. The standard InChI is InChI=1S/C15H20N4O2/c1-19(2)10-9-16-14(20)8-7-13-17-12-6-4-3-5-11(12)15(21)18-13/h3-6H,7-10H2,1-2H3,(H,16,20)(H,17,18,21). The van der Waals surface area contributed by atoms with Crippen molar-refractivity contribution >= 4 is 16.8 Å². The van der Waals surface area contributed by atoms with Gasteiger partial charge in [-0.2, -0.15) is 0 Å². The Bertz CT molecular complexity index is 679. The Morgan fingerprint density at radius 2 is 2.10 bits per heavy atom. The van der Waals surface area contributed by atoms with E-state index in [-0.39, 0.29) is 11.5 Å². The summed E-state index contributed by atoms with van der Waals surface area (Å²) in [6.07, 6.45) is 0.739. The number of amides is 1. The molecule has 1 aromatic heterocycles. The summed E-state index contributed by atoms with van der Waals surface area (Å²) in [6.45, 7) is 1.42. The first-order valence-electron chi connectivity index (χ1n) is 6.95. The summed E-state index contributed by atoms with van der Waals surface area (Å²) in [5.41, 5.74) is 0.493. The van der Waals surface area contributed by atoms with Crippen LogP contribution in [-0.4, -0.2) is 48.0 Å². The molecular weight excluding hydrogens is 268 g/mol. The van der Waals surface area contributed by atoms with E-state index in [1.54, 1.807) is 18.2 Å². The lowest BCUT2D eigenvalue weighted by atomic mass is 10.2. The number of hydrogen-bond donors (Lipinski definition) is 2. The SMILES string of the molecule is CN(C)CCNC(=O)CCc1nc2ccccc2c(=O)[nH]1. The van der Waals surface area contributed by atoms with E-state index in [1.807, 2.05) is 25.1 Å². The molecule has 0 aliphatic carbocycles. The van der Waals surface area contributed by atoms with Crippen molar-refractivity contribution in [2.45, 2.75) is 12.8 Å². The van der Waals surface area contributed by atoms with Gasteiger partial charge in [0.1, 0.15) is 5.82 Å². The molecule has 2 N–H and O–H groups in total. The van der Waals surface area contributed by atoms with Gasteiger partial charge in [-0.3, -0.25) is 9.59 Å². The lowest BCUT2D eigenvalue weighted by Crippen LogP contribution is -2.31. The number of fused-ring (bicyclic) bond motifs is 1. The van der Waals surface area contributed by atoms with Crippen LogP contribution in [0.2, 0.25) is 0 Å². The maximum atomic E-state index is 11.9. The van der Waals surface area contributed by atoms with Gasteiger partial charge in [0.05, 0.1) is 10.9 Å². The maximum absolute atomic E-state index is 11.9. The van der Waals surface area contributed by atoms with E-state index in [2.05, 4.69) is 15.3 Å². The smallest absolute Gasteiger partial charge is 0.258 e. The van der Waals surface area contributed by atoms with Gasteiger partial charge in [0.15, 0.2) is 0 Å². The first kappa shape index (κ1) is 15.2. The zero-order chi connectivity index (χ0) is 15.2. The highest BCUT2D eigenvalue weighted by molar-refractivity contribution is 5.78. The number of benzene rings is 1.